The fourth-order valence-electron chi connectivity index (χ4n) is 3.61. The number of para-hydroxylation sites is 1. The van der Waals surface area contributed by atoms with Crippen molar-refractivity contribution in [2.24, 2.45) is 5.92 Å². The summed E-state index contributed by atoms with van der Waals surface area (Å²) in [5.74, 6) is 0.336. The number of benzene rings is 2. The summed E-state index contributed by atoms with van der Waals surface area (Å²) in [5.41, 5.74) is 2.24. The van der Waals surface area contributed by atoms with Gasteiger partial charge in [-0.05, 0) is 49.1 Å². The van der Waals surface area contributed by atoms with E-state index in [2.05, 4.69) is 29.4 Å². The molecule has 0 aliphatic carbocycles. The Morgan fingerprint density at radius 1 is 1.10 bits per heavy atom. The quantitative estimate of drug-likeness (QED) is 0.683. The minimum atomic E-state index is -0.0965. The van der Waals surface area contributed by atoms with Crippen LogP contribution in [0.25, 0.3) is 0 Å². The third-order valence-corrected chi connectivity index (χ3v) is 5.95. The van der Waals surface area contributed by atoms with Crippen molar-refractivity contribution >= 4 is 29.1 Å². The summed E-state index contributed by atoms with van der Waals surface area (Å²) in [5, 5.41) is 6.72. The maximum atomic E-state index is 12.7. The average molecular weight is 428 g/mol. The van der Waals surface area contributed by atoms with Gasteiger partial charge in [0, 0.05) is 41.9 Å². The summed E-state index contributed by atoms with van der Waals surface area (Å²) in [6.45, 7) is 6.52. The Kier molecular flexibility index (Phi) is 7.75. The van der Waals surface area contributed by atoms with E-state index in [1.165, 1.54) is 0 Å². The van der Waals surface area contributed by atoms with Gasteiger partial charge in [-0.25, -0.2) is 0 Å². The lowest BCUT2D eigenvalue weighted by molar-refractivity contribution is 0.0929. The van der Waals surface area contributed by atoms with Gasteiger partial charge < -0.3 is 15.5 Å². The lowest BCUT2D eigenvalue weighted by atomic mass is 10.0. The van der Waals surface area contributed by atoms with Crippen molar-refractivity contribution < 1.29 is 9.59 Å². The highest BCUT2D eigenvalue weighted by Gasteiger charge is 2.24. The van der Waals surface area contributed by atoms with Crippen LogP contribution in [0.2, 0.25) is 5.02 Å². The maximum Gasteiger partial charge on any atom is 0.253 e. The molecule has 1 saturated heterocycles. The third kappa shape index (κ3) is 5.76. The first-order chi connectivity index (χ1) is 14.5. The van der Waals surface area contributed by atoms with Crippen LogP contribution in [-0.2, 0) is 0 Å². The SMILES string of the molecule is CC[C@@H](C)CNC(=O)c1ccccc1N1CCC(NC(=O)c2cccc(Cl)c2)CC1. The molecule has 0 radical (unpaired) electrons. The first-order valence-electron chi connectivity index (χ1n) is 10.7. The summed E-state index contributed by atoms with van der Waals surface area (Å²) in [4.78, 5) is 27.4. The highest BCUT2D eigenvalue weighted by Crippen LogP contribution is 2.24. The van der Waals surface area contributed by atoms with Gasteiger partial charge >= 0.3 is 0 Å². The van der Waals surface area contributed by atoms with Crippen LogP contribution in [-0.4, -0.2) is 37.5 Å². The number of piperidine rings is 1. The van der Waals surface area contributed by atoms with Gasteiger partial charge in [-0.2, -0.15) is 0 Å². The van der Waals surface area contributed by atoms with E-state index in [0.29, 0.717) is 28.6 Å². The standard InChI is InChI=1S/C24H30ClN3O2/c1-3-17(2)16-26-24(30)21-9-4-5-10-22(21)28-13-11-20(12-14-28)27-23(29)18-7-6-8-19(25)15-18/h4-10,15,17,20H,3,11-14,16H2,1-2H3,(H,26,30)(H,27,29)/t17-/m1/s1. The molecule has 5 nitrogen and oxygen atoms in total. The molecule has 6 heteroatoms. The Morgan fingerprint density at radius 2 is 1.83 bits per heavy atom. The van der Waals surface area contributed by atoms with Crippen molar-refractivity contribution in [3.8, 4) is 0 Å². The van der Waals surface area contributed by atoms with Gasteiger partial charge in [-0.1, -0.05) is 50.1 Å². The van der Waals surface area contributed by atoms with Crippen LogP contribution >= 0.6 is 11.6 Å². The summed E-state index contributed by atoms with van der Waals surface area (Å²) in [6, 6.07) is 14.9. The zero-order valence-corrected chi connectivity index (χ0v) is 18.4. The van der Waals surface area contributed by atoms with Gasteiger partial charge in [0.05, 0.1) is 5.56 Å². The maximum absolute atomic E-state index is 12.7. The Hall–Kier alpha value is -2.53. The highest BCUT2D eigenvalue weighted by molar-refractivity contribution is 6.30. The topological polar surface area (TPSA) is 61.4 Å². The van der Waals surface area contributed by atoms with Crippen molar-refractivity contribution in [1.82, 2.24) is 10.6 Å². The van der Waals surface area contributed by atoms with Gasteiger partial charge in [-0.15, -0.1) is 0 Å². The largest absolute Gasteiger partial charge is 0.371 e. The molecule has 0 bridgehead atoms. The second kappa shape index (κ2) is 10.5. The molecule has 0 spiro atoms. The summed E-state index contributed by atoms with van der Waals surface area (Å²) >= 11 is 5.99. The number of anilines is 1. The normalized spacial score (nSPS) is 15.5. The first kappa shape index (κ1) is 22.2. The minimum Gasteiger partial charge on any atom is -0.371 e. The van der Waals surface area contributed by atoms with Crippen LogP contribution in [0.1, 0.15) is 53.8 Å². The molecule has 1 fully saturated rings. The highest BCUT2D eigenvalue weighted by atomic mass is 35.5. The summed E-state index contributed by atoms with van der Waals surface area (Å²) in [6.07, 6.45) is 2.70. The van der Waals surface area contributed by atoms with E-state index in [4.69, 9.17) is 11.6 Å². The number of carbonyl (C=O) groups is 2. The van der Waals surface area contributed by atoms with Crippen molar-refractivity contribution in [2.45, 2.75) is 39.2 Å². The van der Waals surface area contributed by atoms with Crippen LogP contribution < -0.4 is 15.5 Å². The molecule has 30 heavy (non-hydrogen) atoms. The van der Waals surface area contributed by atoms with E-state index in [9.17, 15) is 9.59 Å². The number of nitrogens with zero attached hydrogens (tertiary/aromatic N) is 1. The third-order valence-electron chi connectivity index (χ3n) is 5.71. The van der Waals surface area contributed by atoms with Gasteiger partial charge in [0.1, 0.15) is 0 Å². The molecule has 2 aromatic carbocycles. The number of hydrogen-bond donors (Lipinski definition) is 2. The zero-order valence-electron chi connectivity index (χ0n) is 17.7. The van der Waals surface area contributed by atoms with Crippen LogP contribution in [0.15, 0.2) is 48.5 Å². The van der Waals surface area contributed by atoms with Crippen molar-refractivity contribution in [2.75, 3.05) is 24.5 Å². The van der Waals surface area contributed by atoms with Gasteiger partial charge in [0.2, 0.25) is 0 Å². The predicted molar refractivity (Wildman–Crippen MR) is 122 cm³/mol. The zero-order chi connectivity index (χ0) is 21.5. The molecular formula is C24H30ClN3O2. The molecule has 2 N–H and O–H groups in total. The second-order valence-electron chi connectivity index (χ2n) is 7.99. The summed E-state index contributed by atoms with van der Waals surface area (Å²) in [7, 11) is 0. The Labute approximate surface area is 183 Å². The molecule has 160 valence electrons. The molecule has 1 aliphatic rings. The molecular weight excluding hydrogens is 398 g/mol. The van der Waals surface area contributed by atoms with Crippen molar-refractivity contribution in [3.05, 3.63) is 64.7 Å². The molecule has 2 amide bonds. The van der Waals surface area contributed by atoms with Gasteiger partial charge in [0.25, 0.3) is 11.8 Å². The minimum absolute atomic E-state index is 0.0257. The van der Waals surface area contributed by atoms with Crippen molar-refractivity contribution in [1.29, 1.82) is 0 Å². The number of nitrogens with one attached hydrogen (secondary N) is 2. The average Bonchev–Trinajstić information content (AvgIpc) is 2.77. The van der Waals surface area contributed by atoms with Crippen LogP contribution in [0.4, 0.5) is 5.69 Å². The molecule has 0 unspecified atom stereocenters. The molecule has 2 aromatic rings. The molecule has 0 saturated carbocycles. The molecule has 1 heterocycles. The fourth-order valence-corrected chi connectivity index (χ4v) is 3.80. The number of halogens is 1. The number of carbonyl (C=O) groups excluding carboxylic acids is 2. The van der Waals surface area contributed by atoms with E-state index >= 15 is 0 Å². The number of rotatable bonds is 7. The smallest absolute Gasteiger partial charge is 0.253 e. The van der Waals surface area contributed by atoms with E-state index in [-0.39, 0.29) is 17.9 Å². The molecule has 3 rings (SSSR count). The summed E-state index contributed by atoms with van der Waals surface area (Å²) < 4.78 is 0. The van der Waals surface area contributed by atoms with Crippen LogP contribution in [0.3, 0.4) is 0 Å². The lowest BCUT2D eigenvalue weighted by Gasteiger charge is -2.35. The monoisotopic (exact) mass is 427 g/mol. The molecule has 0 aromatic heterocycles. The Morgan fingerprint density at radius 3 is 2.53 bits per heavy atom. The fraction of sp³-hybridized carbons (Fsp3) is 0.417. The van der Waals surface area contributed by atoms with E-state index in [1.807, 2.05) is 24.3 Å². The lowest BCUT2D eigenvalue weighted by Crippen LogP contribution is -2.45. The van der Waals surface area contributed by atoms with E-state index < -0.39 is 0 Å². The molecule has 1 atom stereocenters. The van der Waals surface area contributed by atoms with Crippen LogP contribution in [0.5, 0.6) is 0 Å². The second-order valence-corrected chi connectivity index (χ2v) is 8.42. The van der Waals surface area contributed by atoms with Gasteiger partial charge in [0.15, 0.2) is 0 Å². The number of amides is 2. The number of hydrogen-bond acceptors (Lipinski definition) is 3. The van der Waals surface area contributed by atoms with E-state index in [0.717, 1.165) is 38.0 Å². The molecule has 1 aliphatic heterocycles. The predicted octanol–water partition coefficient (Wildman–Crippen LogP) is 4.51. The van der Waals surface area contributed by atoms with Crippen molar-refractivity contribution in [3.63, 3.8) is 0 Å². The van der Waals surface area contributed by atoms with Crippen LogP contribution in [0, 0.1) is 5.92 Å². The van der Waals surface area contributed by atoms with Gasteiger partial charge in [-0.3, -0.25) is 9.59 Å². The Bertz CT molecular complexity index is 878. The first-order valence-corrected chi connectivity index (χ1v) is 11.0. The van der Waals surface area contributed by atoms with E-state index in [1.54, 1.807) is 24.3 Å². The Balaban J connectivity index is 1.58.